The summed E-state index contributed by atoms with van der Waals surface area (Å²) in [6.07, 6.45) is 26.1. The number of nitrogens with zero attached hydrogens (tertiary/aromatic N) is 1. The van der Waals surface area contributed by atoms with E-state index in [2.05, 4.69) is 51.8 Å². The van der Waals surface area contributed by atoms with Crippen molar-refractivity contribution in [3.8, 4) is 0 Å². The first-order valence-corrected chi connectivity index (χ1v) is 12.3. The van der Waals surface area contributed by atoms with Crippen molar-refractivity contribution in [2.45, 2.75) is 104 Å². The summed E-state index contributed by atoms with van der Waals surface area (Å²) < 4.78 is 1.05. The highest BCUT2D eigenvalue weighted by Crippen LogP contribution is 2.16. The highest BCUT2D eigenvalue weighted by atomic mass is 15.3. The summed E-state index contributed by atoms with van der Waals surface area (Å²) in [6.45, 7) is 20.8. The van der Waals surface area contributed by atoms with Crippen molar-refractivity contribution < 1.29 is 4.48 Å². The highest BCUT2D eigenvalue weighted by molar-refractivity contribution is 4.76. The molecule has 0 heterocycles. The molecule has 0 aliphatic carbocycles. The fraction of sp³-hybridized carbons (Fsp3) is 0.778. The minimum atomic E-state index is 0.882. The summed E-state index contributed by atoms with van der Waals surface area (Å²) >= 11 is 0. The van der Waals surface area contributed by atoms with E-state index in [1.54, 1.807) is 0 Å². The average Bonchev–Trinajstić information content (AvgIpc) is 2.65. The van der Waals surface area contributed by atoms with Crippen molar-refractivity contribution in [3.05, 3.63) is 38.0 Å². The zero-order valence-corrected chi connectivity index (χ0v) is 19.6. The first-order chi connectivity index (χ1) is 13.6. The van der Waals surface area contributed by atoms with Crippen LogP contribution in [0.25, 0.3) is 0 Å². The lowest BCUT2D eigenvalue weighted by atomic mass is 10.0. The first kappa shape index (κ1) is 27.2. The van der Waals surface area contributed by atoms with Crippen LogP contribution in [-0.2, 0) is 0 Å². The average molecular weight is 391 g/mol. The molecule has 0 rings (SSSR count). The summed E-state index contributed by atoms with van der Waals surface area (Å²) in [5.74, 6) is 0.882. The zero-order chi connectivity index (χ0) is 20.9. The van der Waals surface area contributed by atoms with Crippen LogP contribution in [0.3, 0.4) is 0 Å². The van der Waals surface area contributed by atoms with Crippen molar-refractivity contribution >= 4 is 0 Å². The summed E-state index contributed by atoms with van der Waals surface area (Å²) in [7, 11) is 0. The van der Waals surface area contributed by atoms with Gasteiger partial charge in [-0.2, -0.15) is 0 Å². The van der Waals surface area contributed by atoms with Crippen LogP contribution in [0.5, 0.6) is 0 Å². The van der Waals surface area contributed by atoms with Crippen molar-refractivity contribution in [1.82, 2.24) is 0 Å². The minimum Gasteiger partial charge on any atom is -0.314 e. The number of rotatable bonds is 22. The van der Waals surface area contributed by atoms with E-state index in [9.17, 15) is 0 Å². The lowest BCUT2D eigenvalue weighted by molar-refractivity contribution is -0.912. The predicted molar refractivity (Wildman–Crippen MR) is 130 cm³/mol. The topological polar surface area (TPSA) is 0 Å². The molecule has 0 unspecified atom stereocenters. The Morgan fingerprint density at radius 1 is 0.536 bits per heavy atom. The molecular weight excluding hydrogens is 338 g/mol. The Balaban J connectivity index is 3.52. The third kappa shape index (κ3) is 16.2. The van der Waals surface area contributed by atoms with Gasteiger partial charge in [0.05, 0.1) is 26.2 Å². The van der Waals surface area contributed by atoms with E-state index < -0.39 is 0 Å². The van der Waals surface area contributed by atoms with Crippen LogP contribution in [0.15, 0.2) is 38.0 Å². The van der Waals surface area contributed by atoms with Crippen LogP contribution in [-0.4, -0.2) is 30.7 Å². The fourth-order valence-corrected chi connectivity index (χ4v) is 4.26. The largest absolute Gasteiger partial charge is 0.314 e. The minimum absolute atomic E-state index is 0.882. The van der Waals surface area contributed by atoms with Crippen LogP contribution in [0, 0.1) is 5.92 Å². The molecule has 0 aromatic heterocycles. The van der Waals surface area contributed by atoms with Crippen LogP contribution in [0.4, 0.5) is 0 Å². The maximum absolute atomic E-state index is 3.95. The molecule has 1 nitrogen and oxygen atoms in total. The molecule has 1 heteroatoms. The molecule has 164 valence electrons. The van der Waals surface area contributed by atoms with Crippen LogP contribution in [0.1, 0.15) is 104 Å². The Bertz CT molecular complexity index is 342. The van der Waals surface area contributed by atoms with Gasteiger partial charge < -0.3 is 4.48 Å². The molecule has 0 aliphatic rings. The summed E-state index contributed by atoms with van der Waals surface area (Å²) in [5, 5.41) is 0. The molecule has 0 amide bonds. The molecule has 28 heavy (non-hydrogen) atoms. The normalized spacial score (nSPS) is 11.7. The van der Waals surface area contributed by atoms with Crippen LogP contribution < -0.4 is 0 Å². The summed E-state index contributed by atoms with van der Waals surface area (Å²) in [5.41, 5.74) is 0. The molecule has 0 bridgehead atoms. The van der Waals surface area contributed by atoms with Gasteiger partial charge in [0.15, 0.2) is 0 Å². The quantitative estimate of drug-likeness (QED) is 0.0987. The number of hydrogen-bond acceptors (Lipinski definition) is 0. The second-order valence-corrected chi connectivity index (χ2v) is 9.26. The molecule has 0 aliphatic heterocycles. The maximum Gasteiger partial charge on any atom is 0.0975 e. The molecule has 0 fully saturated rings. The molecule has 0 atom stereocenters. The number of quaternary nitrogens is 1. The molecule has 0 saturated carbocycles. The Kier molecular flexibility index (Phi) is 18.9. The van der Waals surface area contributed by atoms with Gasteiger partial charge in [0, 0.05) is 0 Å². The van der Waals surface area contributed by atoms with Gasteiger partial charge in [0.25, 0.3) is 0 Å². The van der Waals surface area contributed by atoms with E-state index in [-0.39, 0.29) is 0 Å². The van der Waals surface area contributed by atoms with Crippen LogP contribution >= 0.6 is 0 Å². The summed E-state index contributed by atoms with van der Waals surface area (Å²) in [4.78, 5) is 0. The molecule has 0 aromatic rings. The van der Waals surface area contributed by atoms with Gasteiger partial charge in [-0.15, -0.1) is 0 Å². The standard InChI is InChI=1S/C27H52N/c1-6-23-28(24-7-2,25-8-3)26-21-19-17-15-13-11-9-10-12-14-16-18-20-22-27(4)5/h6-8,27H,1-3,9-26H2,4-5H3/q+1. The van der Waals surface area contributed by atoms with E-state index in [1.807, 2.05) is 0 Å². The van der Waals surface area contributed by atoms with E-state index in [0.717, 1.165) is 30.0 Å². The van der Waals surface area contributed by atoms with Gasteiger partial charge in [-0.05, 0) is 37.0 Å². The lowest BCUT2D eigenvalue weighted by Gasteiger charge is -2.36. The maximum atomic E-state index is 3.95. The first-order valence-electron chi connectivity index (χ1n) is 12.3. The van der Waals surface area contributed by atoms with Crippen molar-refractivity contribution in [3.63, 3.8) is 0 Å². The molecule has 0 N–H and O–H groups in total. The van der Waals surface area contributed by atoms with Gasteiger partial charge in [0.1, 0.15) is 0 Å². The molecule has 0 radical (unpaired) electrons. The van der Waals surface area contributed by atoms with Gasteiger partial charge in [-0.3, -0.25) is 0 Å². The van der Waals surface area contributed by atoms with E-state index in [1.165, 1.54) is 96.4 Å². The predicted octanol–water partition coefficient (Wildman–Crippen LogP) is 8.48. The van der Waals surface area contributed by atoms with E-state index in [0.29, 0.717) is 0 Å². The summed E-state index contributed by atoms with van der Waals surface area (Å²) in [6, 6.07) is 0. The fourth-order valence-electron chi connectivity index (χ4n) is 4.26. The Labute approximate surface area is 178 Å². The van der Waals surface area contributed by atoms with Crippen molar-refractivity contribution in [1.29, 1.82) is 0 Å². The second kappa shape index (κ2) is 19.5. The third-order valence-electron chi connectivity index (χ3n) is 5.96. The molecular formula is C27H52N+. The third-order valence-corrected chi connectivity index (χ3v) is 5.96. The number of unbranched alkanes of at least 4 members (excludes halogenated alkanes) is 12. The van der Waals surface area contributed by atoms with E-state index in [4.69, 9.17) is 0 Å². The van der Waals surface area contributed by atoms with Crippen LogP contribution in [0.2, 0.25) is 0 Å². The second-order valence-electron chi connectivity index (χ2n) is 9.26. The van der Waals surface area contributed by atoms with Gasteiger partial charge in [0.2, 0.25) is 0 Å². The number of hydrogen-bond donors (Lipinski definition) is 0. The molecule has 0 saturated heterocycles. The Hall–Kier alpha value is -0.820. The Morgan fingerprint density at radius 2 is 0.857 bits per heavy atom. The Morgan fingerprint density at radius 3 is 1.18 bits per heavy atom. The molecule has 0 spiro atoms. The van der Waals surface area contributed by atoms with Gasteiger partial charge in [-0.1, -0.05) is 111 Å². The van der Waals surface area contributed by atoms with E-state index >= 15 is 0 Å². The van der Waals surface area contributed by atoms with Gasteiger partial charge in [-0.25, -0.2) is 0 Å². The smallest absolute Gasteiger partial charge is 0.0975 e. The van der Waals surface area contributed by atoms with Gasteiger partial charge >= 0.3 is 0 Å². The van der Waals surface area contributed by atoms with Crippen molar-refractivity contribution in [2.75, 3.05) is 26.2 Å². The van der Waals surface area contributed by atoms with Crippen molar-refractivity contribution in [2.24, 2.45) is 5.92 Å². The SMILES string of the molecule is C=CC[N+](CC=C)(CC=C)CCCCCCCCCCCCCCCC(C)C. The highest BCUT2D eigenvalue weighted by Gasteiger charge is 2.21. The lowest BCUT2D eigenvalue weighted by Crippen LogP contribution is -2.49. The molecule has 0 aromatic carbocycles. The zero-order valence-electron chi connectivity index (χ0n) is 19.6. The monoisotopic (exact) mass is 390 g/mol.